The Hall–Kier alpha value is -2.52. The van der Waals surface area contributed by atoms with E-state index in [1.165, 1.54) is 21.1 Å². The van der Waals surface area contributed by atoms with Crippen molar-refractivity contribution in [3.8, 4) is 11.5 Å². The molecule has 2 rings (SSSR count). The van der Waals surface area contributed by atoms with E-state index in [1.807, 2.05) is 26.0 Å². The number of benzene rings is 2. The van der Waals surface area contributed by atoms with Crippen LogP contribution in [0.3, 0.4) is 0 Å². The van der Waals surface area contributed by atoms with E-state index in [1.54, 1.807) is 18.2 Å². The van der Waals surface area contributed by atoms with Crippen LogP contribution in [-0.4, -0.2) is 31.2 Å². The van der Waals surface area contributed by atoms with Crippen LogP contribution in [0.25, 0.3) is 0 Å². The summed E-state index contributed by atoms with van der Waals surface area (Å²) in [5.41, 5.74) is 1.84. The fourth-order valence-corrected chi connectivity index (χ4v) is 4.63. The molecule has 0 bridgehead atoms. The van der Waals surface area contributed by atoms with Crippen molar-refractivity contribution >= 4 is 19.1 Å². The summed E-state index contributed by atoms with van der Waals surface area (Å²) in [5.74, 6) is 0.469. The Morgan fingerprint density at radius 1 is 0.967 bits per heavy atom. The van der Waals surface area contributed by atoms with Gasteiger partial charge in [0.1, 0.15) is 11.5 Å². The zero-order chi connectivity index (χ0) is 22.8. The average molecular weight is 429 g/mol. The predicted molar refractivity (Wildman–Crippen MR) is 120 cm³/mol. The largest absolute Gasteiger partial charge is 0.497 e. The number of aryl methyl sites for hydroxylation is 2. The minimum Gasteiger partial charge on any atom is -0.497 e. The molecule has 0 radical (unpaired) electrons. The number of carbonyl (C=O) groups excluding carboxylic acids is 2. The monoisotopic (exact) mass is 429 g/mol. The summed E-state index contributed by atoms with van der Waals surface area (Å²) in [6, 6.07) is 8.72. The highest BCUT2D eigenvalue weighted by Crippen LogP contribution is 2.39. The van der Waals surface area contributed by atoms with Crippen LogP contribution in [0.5, 0.6) is 11.5 Å². The smallest absolute Gasteiger partial charge is 0.431 e. The molecule has 6 heteroatoms. The maximum atomic E-state index is 13.1. The van der Waals surface area contributed by atoms with Crippen LogP contribution in [0.4, 0.5) is 0 Å². The Bertz CT molecular complexity index is 978. The molecule has 0 aliphatic heterocycles. The van der Waals surface area contributed by atoms with Crippen LogP contribution < -0.4 is 9.47 Å². The quantitative estimate of drug-likeness (QED) is 0.407. The van der Waals surface area contributed by atoms with Gasteiger partial charge in [0.05, 0.1) is 25.3 Å². The number of hydrogen-bond donors (Lipinski definition) is 0. The number of Topliss-reactive ketones (excluding diaryl/α,β-unsaturated/α-hetero) is 1. The first-order valence-electron chi connectivity index (χ1n) is 9.81. The van der Waals surface area contributed by atoms with Crippen LogP contribution in [-0.2, 0) is 9.98 Å². The normalized spacial score (nSPS) is 12.9. The Balaban J connectivity index is 2.37. The maximum Gasteiger partial charge on any atom is 0.431 e. The van der Waals surface area contributed by atoms with Crippen molar-refractivity contribution in [2.75, 3.05) is 14.2 Å². The molecule has 30 heavy (non-hydrogen) atoms. The van der Waals surface area contributed by atoms with E-state index in [0.717, 1.165) is 16.7 Å². The number of rotatable bonds is 7. The van der Waals surface area contributed by atoms with Gasteiger partial charge in [0, 0.05) is 6.07 Å². The number of methoxy groups -OCH3 is 2. The summed E-state index contributed by atoms with van der Waals surface area (Å²) in [7, 11) is 0.501. The van der Waals surface area contributed by atoms with Crippen molar-refractivity contribution in [2.24, 2.45) is 0 Å². The molecule has 2 atom stereocenters. The molecule has 0 aliphatic rings. The molecule has 0 saturated heterocycles. The molecule has 0 aromatic heterocycles. The van der Waals surface area contributed by atoms with E-state index in [9.17, 15) is 14.2 Å². The van der Waals surface area contributed by atoms with Gasteiger partial charge in [-0.2, -0.15) is 0 Å². The average Bonchev–Trinajstić information content (AvgIpc) is 2.70. The first-order chi connectivity index (χ1) is 13.9. The molecule has 2 aromatic rings. The molecule has 0 spiro atoms. The highest BCUT2D eigenvalue weighted by atomic mass is 31.1. The molecule has 160 valence electrons. The van der Waals surface area contributed by atoms with Gasteiger partial charge < -0.3 is 9.47 Å². The molecule has 0 saturated carbocycles. The minimum atomic E-state index is -2.47. The van der Waals surface area contributed by atoms with Gasteiger partial charge in [0.2, 0.25) is 11.4 Å². The van der Waals surface area contributed by atoms with Crippen LogP contribution in [0, 0.1) is 13.8 Å². The summed E-state index contributed by atoms with van der Waals surface area (Å²) in [5, 5.41) is 0. The number of ether oxygens (including phenoxy) is 2. The Morgan fingerprint density at radius 3 is 2.00 bits per heavy atom. The van der Waals surface area contributed by atoms with Gasteiger partial charge in [0.25, 0.3) is 0 Å². The standard InChI is InChI=1S/C24H30O5P/c1-14-11-17(24(4,5)6)12-15(2)21(14)23(26)30(27)16(3)22(25)19-10-9-18(28-7)13-20(19)29-8/h9-13,16H,1-8H3/q+1. The van der Waals surface area contributed by atoms with Crippen LogP contribution in [0.15, 0.2) is 30.3 Å². The fourth-order valence-electron chi connectivity index (χ4n) is 3.35. The molecule has 0 heterocycles. The SMILES string of the molecule is COc1ccc(C(=O)C(C)[P+](=O)C(=O)c2c(C)cc(C(C)(C)C)cc2C)c(OC)c1. The van der Waals surface area contributed by atoms with E-state index in [-0.39, 0.29) is 11.0 Å². The molecule has 0 N–H and O–H groups in total. The molecular formula is C24H30O5P+. The lowest BCUT2D eigenvalue weighted by Crippen LogP contribution is -2.18. The van der Waals surface area contributed by atoms with Crippen molar-refractivity contribution < 1.29 is 23.6 Å². The highest BCUT2D eigenvalue weighted by molar-refractivity contribution is 7.66. The predicted octanol–water partition coefficient (Wildman–Crippen LogP) is 5.86. The Labute approximate surface area is 179 Å². The highest BCUT2D eigenvalue weighted by Gasteiger charge is 2.43. The van der Waals surface area contributed by atoms with E-state index in [4.69, 9.17) is 9.47 Å². The fraction of sp³-hybridized carbons (Fsp3) is 0.417. The maximum absolute atomic E-state index is 13.1. The summed E-state index contributed by atoms with van der Waals surface area (Å²) < 4.78 is 23.5. The number of carbonyl (C=O) groups is 2. The first kappa shape index (κ1) is 23.8. The molecule has 5 nitrogen and oxygen atoms in total. The third-order valence-corrected chi connectivity index (χ3v) is 6.78. The third-order valence-electron chi connectivity index (χ3n) is 5.22. The van der Waals surface area contributed by atoms with Crippen LogP contribution in [0.2, 0.25) is 0 Å². The lowest BCUT2D eigenvalue weighted by atomic mass is 9.84. The lowest BCUT2D eigenvalue weighted by molar-refractivity contribution is 0.0979. The van der Waals surface area contributed by atoms with Gasteiger partial charge in [-0.1, -0.05) is 37.5 Å². The van der Waals surface area contributed by atoms with E-state index < -0.39 is 24.8 Å². The van der Waals surface area contributed by atoms with Gasteiger partial charge in [-0.3, -0.25) is 4.79 Å². The molecule has 2 unspecified atom stereocenters. The van der Waals surface area contributed by atoms with Crippen molar-refractivity contribution in [2.45, 2.75) is 52.6 Å². The summed E-state index contributed by atoms with van der Waals surface area (Å²) >= 11 is 0. The van der Waals surface area contributed by atoms with E-state index >= 15 is 0 Å². The van der Waals surface area contributed by atoms with Gasteiger partial charge in [-0.15, -0.1) is 0 Å². The molecule has 0 fully saturated rings. The minimum absolute atomic E-state index is 0.0620. The second-order valence-electron chi connectivity index (χ2n) is 8.47. The number of hydrogen-bond acceptors (Lipinski definition) is 5. The zero-order valence-corrected chi connectivity index (χ0v) is 19.8. The van der Waals surface area contributed by atoms with Gasteiger partial charge in [-0.25, -0.2) is 4.79 Å². The Kier molecular flexibility index (Phi) is 7.20. The molecular weight excluding hydrogens is 399 g/mol. The van der Waals surface area contributed by atoms with Crippen molar-refractivity contribution in [1.29, 1.82) is 0 Å². The van der Waals surface area contributed by atoms with Gasteiger partial charge >= 0.3 is 13.3 Å². The molecule has 0 amide bonds. The number of ketones is 1. The summed E-state index contributed by atoms with van der Waals surface area (Å²) in [6.45, 7) is 11.5. The Morgan fingerprint density at radius 2 is 1.53 bits per heavy atom. The summed E-state index contributed by atoms with van der Waals surface area (Å²) in [6.07, 6.45) is 0. The first-order valence-corrected chi connectivity index (χ1v) is 11.1. The lowest BCUT2D eigenvalue weighted by Gasteiger charge is -2.21. The van der Waals surface area contributed by atoms with Crippen LogP contribution in [0.1, 0.15) is 65.1 Å². The van der Waals surface area contributed by atoms with E-state index in [2.05, 4.69) is 20.8 Å². The summed E-state index contributed by atoms with van der Waals surface area (Å²) in [4.78, 5) is 26.1. The topological polar surface area (TPSA) is 69.7 Å². The van der Waals surface area contributed by atoms with Crippen molar-refractivity contribution in [1.82, 2.24) is 0 Å². The molecule has 2 aromatic carbocycles. The third kappa shape index (κ3) is 4.79. The van der Waals surface area contributed by atoms with E-state index in [0.29, 0.717) is 17.1 Å². The second-order valence-corrected chi connectivity index (χ2v) is 10.3. The van der Waals surface area contributed by atoms with Gasteiger partial charge in [-0.05, 0) is 55.0 Å². The van der Waals surface area contributed by atoms with Gasteiger partial charge in [0.15, 0.2) is 0 Å². The van der Waals surface area contributed by atoms with Crippen molar-refractivity contribution in [3.63, 3.8) is 0 Å². The van der Waals surface area contributed by atoms with Crippen molar-refractivity contribution in [3.05, 3.63) is 58.1 Å². The second kappa shape index (κ2) is 9.09. The molecule has 0 aliphatic carbocycles. The van der Waals surface area contributed by atoms with Crippen LogP contribution >= 0.6 is 7.80 Å². The zero-order valence-electron chi connectivity index (χ0n) is 19.0.